The zero-order valence-electron chi connectivity index (χ0n) is 14.0. The van der Waals surface area contributed by atoms with E-state index in [1.54, 1.807) is 7.11 Å². The first-order valence-electron chi connectivity index (χ1n) is 7.56. The maximum absolute atomic E-state index is 12.7. The van der Waals surface area contributed by atoms with Crippen LogP contribution in [-0.2, 0) is 0 Å². The van der Waals surface area contributed by atoms with E-state index in [4.69, 9.17) is 16.3 Å². The van der Waals surface area contributed by atoms with Crippen LogP contribution in [0.2, 0.25) is 5.02 Å². The highest BCUT2D eigenvalue weighted by Crippen LogP contribution is 2.38. The van der Waals surface area contributed by atoms with Crippen molar-refractivity contribution in [2.75, 3.05) is 12.4 Å². The zero-order valence-corrected chi connectivity index (χ0v) is 15.6. The van der Waals surface area contributed by atoms with Gasteiger partial charge in [0.15, 0.2) is 0 Å². The summed E-state index contributed by atoms with van der Waals surface area (Å²) in [7, 11) is 1.61. The number of thiophene rings is 1. The van der Waals surface area contributed by atoms with Crippen molar-refractivity contribution in [1.82, 2.24) is 0 Å². The topological polar surface area (TPSA) is 38.3 Å². The number of halogens is 1. The van der Waals surface area contributed by atoms with Crippen LogP contribution < -0.4 is 10.1 Å². The fourth-order valence-electron chi connectivity index (χ4n) is 2.87. The van der Waals surface area contributed by atoms with Crippen LogP contribution in [0.1, 0.15) is 26.4 Å². The lowest BCUT2D eigenvalue weighted by Gasteiger charge is -2.12. The smallest absolute Gasteiger partial charge is 0.267 e. The molecule has 124 valence electrons. The molecule has 0 spiro atoms. The molecular weight excluding hydrogens is 342 g/mol. The number of aryl methyl sites for hydroxylation is 3. The number of hydrogen-bond acceptors (Lipinski definition) is 3. The number of ether oxygens (including phenoxy) is 1. The predicted molar refractivity (Wildman–Crippen MR) is 102 cm³/mol. The Bertz CT molecular complexity index is 923. The van der Waals surface area contributed by atoms with Gasteiger partial charge in [-0.25, -0.2) is 0 Å². The molecule has 0 saturated heterocycles. The van der Waals surface area contributed by atoms with E-state index in [0.717, 1.165) is 32.6 Å². The van der Waals surface area contributed by atoms with Gasteiger partial charge in [-0.1, -0.05) is 29.3 Å². The summed E-state index contributed by atoms with van der Waals surface area (Å²) in [5.74, 6) is 0.537. The van der Waals surface area contributed by atoms with E-state index < -0.39 is 0 Å². The van der Waals surface area contributed by atoms with Gasteiger partial charge in [0.2, 0.25) is 0 Å². The molecule has 0 saturated carbocycles. The Morgan fingerprint density at radius 3 is 2.42 bits per heavy atom. The van der Waals surface area contributed by atoms with Crippen LogP contribution in [0, 0.1) is 20.8 Å². The molecule has 0 atom stereocenters. The highest BCUT2D eigenvalue weighted by atomic mass is 35.5. The van der Waals surface area contributed by atoms with Crippen LogP contribution in [0.15, 0.2) is 30.3 Å². The predicted octanol–water partition coefficient (Wildman–Crippen LogP) is 5.74. The first kappa shape index (κ1) is 16.8. The number of nitrogens with one attached hydrogen (secondary N) is 1. The summed E-state index contributed by atoms with van der Waals surface area (Å²) in [6, 6.07) is 9.75. The quantitative estimate of drug-likeness (QED) is 0.647. The minimum Gasteiger partial charge on any atom is -0.497 e. The summed E-state index contributed by atoms with van der Waals surface area (Å²) in [5, 5.41) is 4.31. The van der Waals surface area contributed by atoms with Gasteiger partial charge in [-0.3, -0.25) is 4.79 Å². The van der Waals surface area contributed by atoms with Gasteiger partial charge in [-0.15, -0.1) is 11.3 Å². The van der Waals surface area contributed by atoms with E-state index in [9.17, 15) is 4.79 Å². The van der Waals surface area contributed by atoms with Crippen molar-refractivity contribution < 1.29 is 9.53 Å². The molecule has 1 amide bonds. The number of methoxy groups -OCH3 is 1. The monoisotopic (exact) mass is 359 g/mol. The van der Waals surface area contributed by atoms with Crippen LogP contribution >= 0.6 is 22.9 Å². The maximum atomic E-state index is 12.7. The SMILES string of the molecule is COc1ccc2sc(C(=O)Nc3c(C)cc(C)cc3C)c(Cl)c2c1. The van der Waals surface area contributed by atoms with E-state index in [1.165, 1.54) is 16.9 Å². The molecule has 3 aromatic rings. The Morgan fingerprint density at radius 1 is 1.12 bits per heavy atom. The highest BCUT2D eigenvalue weighted by molar-refractivity contribution is 7.21. The van der Waals surface area contributed by atoms with Crippen LogP contribution in [0.25, 0.3) is 10.1 Å². The van der Waals surface area contributed by atoms with E-state index in [2.05, 4.69) is 17.4 Å². The van der Waals surface area contributed by atoms with E-state index in [1.807, 2.05) is 39.0 Å². The lowest BCUT2D eigenvalue weighted by molar-refractivity contribution is 0.103. The third-order valence-electron chi connectivity index (χ3n) is 3.96. The second kappa shape index (κ2) is 6.46. The van der Waals surface area contributed by atoms with Gasteiger partial charge in [-0.2, -0.15) is 0 Å². The molecule has 24 heavy (non-hydrogen) atoms. The van der Waals surface area contributed by atoms with E-state index in [0.29, 0.717) is 9.90 Å². The van der Waals surface area contributed by atoms with Crippen molar-refractivity contribution in [1.29, 1.82) is 0 Å². The number of rotatable bonds is 3. The molecule has 3 rings (SSSR count). The summed E-state index contributed by atoms with van der Waals surface area (Å²) < 4.78 is 6.19. The van der Waals surface area contributed by atoms with Crippen molar-refractivity contribution >= 4 is 44.6 Å². The maximum Gasteiger partial charge on any atom is 0.267 e. The summed E-state index contributed by atoms with van der Waals surface area (Å²) in [5.41, 5.74) is 4.10. The molecule has 1 heterocycles. The standard InChI is InChI=1S/C19H18ClNO2S/c1-10-7-11(2)17(12(3)8-10)21-19(22)18-16(20)14-9-13(23-4)5-6-15(14)24-18/h5-9H,1-4H3,(H,21,22). The normalized spacial score (nSPS) is 10.9. The van der Waals surface area contributed by atoms with E-state index >= 15 is 0 Å². The molecule has 0 bridgehead atoms. The van der Waals surface area contributed by atoms with E-state index in [-0.39, 0.29) is 5.91 Å². The van der Waals surface area contributed by atoms with Gasteiger partial charge < -0.3 is 10.1 Å². The third kappa shape index (κ3) is 2.99. The molecule has 2 aromatic carbocycles. The molecule has 1 aromatic heterocycles. The van der Waals surface area contributed by atoms with Gasteiger partial charge in [0.25, 0.3) is 5.91 Å². The molecule has 3 nitrogen and oxygen atoms in total. The first-order valence-corrected chi connectivity index (χ1v) is 8.75. The number of fused-ring (bicyclic) bond motifs is 1. The number of hydrogen-bond donors (Lipinski definition) is 1. The first-order chi connectivity index (χ1) is 11.4. The summed E-state index contributed by atoms with van der Waals surface area (Å²) in [4.78, 5) is 13.2. The lowest BCUT2D eigenvalue weighted by Crippen LogP contribution is -2.13. The molecule has 0 aliphatic heterocycles. The Labute approximate surface area is 150 Å². The molecule has 0 fully saturated rings. The fraction of sp³-hybridized carbons (Fsp3) is 0.211. The van der Waals surface area contributed by atoms with Gasteiger partial charge in [0.05, 0.1) is 12.1 Å². The minimum atomic E-state index is -0.185. The lowest BCUT2D eigenvalue weighted by atomic mass is 10.1. The molecular formula is C19H18ClNO2S. The van der Waals surface area contributed by atoms with Gasteiger partial charge in [0, 0.05) is 15.8 Å². The van der Waals surface area contributed by atoms with Gasteiger partial charge in [-0.05, 0) is 50.1 Å². The highest BCUT2D eigenvalue weighted by Gasteiger charge is 2.19. The van der Waals surface area contributed by atoms with Crippen molar-refractivity contribution in [2.24, 2.45) is 0 Å². The van der Waals surface area contributed by atoms with Crippen LogP contribution in [-0.4, -0.2) is 13.0 Å². The van der Waals surface area contributed by atoms with Crippen molar-refractivity contribution in [2.45, 2.75) is 20.8 Å². The molecule has 0 unspecified atom stereocenters. The average molecular weight is 360 g/mol. The Hall–Kier alpha value is -2.04. The average Bonchev–Trinajstić information content (AvgIpc) is 2.87. The Balaban J connectivity index is 1.99. The number of benzene rings is 2. The Morgan fingerprint density at radius 2 is 1.79 bits per heavy atom. The fourth-order valence-corrected chi connectivity index (χ4v) is 4.25. The van der Waals surface area contributed by atoms with Crippen molar-refractivity contribution in [3.63, 3.8) is 0 Å². The van der Waals surface area contributed by atoms with Crippen LogP contribution in [0.5, 0.6) is 5.75 Å². The number of anilines is 1. The summed E-state index contributed by atoms with van der Waals surface area (Å²) in [6.07, 6.45) is 0. The van der Waals surface area contributed by atoms with Crippen molar-refractivity contribution in [3.05, 3.63) is 56.9 Å². The Kier molecular flexibility index (Phi) is 4.52. The molecule has 0 radical (unpaired) electrons. The zero-order chi connectivity index (χ0) is 17.4. The molecule has 0 aliphatic carbocycles. The number of carbonyl (C=O) groups excluding carboxylic acids is 1. The second-order valence-electron chi connectivity index (χ2n) is 5.84. The third-order valence-corrected chi connectivity index (χ3v) is 5.63. The number of amides is 1. The summed E-state index contributed by atoms with van der Waals surface area (Å²) >= 11 is 7.83. The van der Waals surface area contributed by atoms with Gasteiger partial charge >= 0.3 is 0 Å². The summed E-state index contributed by atoms with van der Waals surface area (Å²) in [6.45, 7) is 6.03. The van der Waals surface area contributed by atoms with Crippen LogP contribution in [0.4, 0.5) is 5.69 Å². The molecule has 5 heteroatoms. The van der Waals surface area contributed by atoms with Crippen molar-refractivity contribution in [3.8, 4) is 5.75 Å². The largest absolute Gasteiger partial charge is 0.497 e. The molecule has 1 N–H and O–H groups in total. The van der Waals surface area contributed by atoms with Gasteiger partial charge in [0.1, 0.15) is 10.6 Å². The molecule has 0 aliphatic rings. The number of carbonyl (C=O) groups is 1. The second-order valence-corrected chi connectivity index (χ2v) is 7.27. The minimum absolute atomic E-state index is 0.185. The van der Waals surface area contributed by atoms with Crippen LogP contribution in [0.3, 0.4) is 0 Å².